The third-order valence-corrected chi connectivity index (χ3v) is 5.28. The van der Waals surface area contributed by atoms with Crippen LogP contribution in [0.1, 0.15) is 5.56 Å². The molecule has 0 unspecified atom stereocenters. The maximum Gasteiger partial charge on any atom is 0.274 e. The van der Waals surface area contributed by atoms with E-state index in [9.17, 15) is 13.2 Å². The van der Waals surface area contributed by atoms with Crippen molar-refractivity contribution in [3.05, 3.63) is 76.8 Å². The summed E-state index contributed by atoms with van der Waals surface area (Å²) in [5, 5.41) is 9.67. The highest BCUT2D eigenvalue weighted by Gasteiger charge is 2.16. The van der Waals surface area contributed by atoms with E-state index in [2.05, 4.69) is 15.8 Å². The smallest absolute Gasteiger partial charge is 0.274 e. The number of hydrogen-bond donors (Lipinski definition) is 2. The van der Waals surface area contributed by atoms with Gasteiger partial charge in [0.05, 0.1) is 17.9 Å². The SMILES string of the molecule is Cn1cc(-c2cc(NS(C)(=O)=O)ccc2Oc2ccc(C#N)cc2)c2cc[nH]c2c1=O. The number of benzene rings is 2. The maximum atomic E-state index is 12.4. The van der Waals surface area contributed by atoms with Crippen LogP contribution in [0.25, 0.3) is 22.0 Å². The number of hydrogen-bond acceptors (Lipinski definition) is 5. The Morgan fingerprint density at radius 2 is 1.84 bits per heavy atom. The second kappa shape index (κ2) is 7.66. The van der Waals surface area contributed by atoms with Gasteiger partial charge in [-0.2, -0.15) is 5.26 Å². The number of H-pyrrole nitrogens is 1. The zero-order valence-electron chi connectivity index (χ0n) is 16.7. The normalized spacial score (nSPS) is 11.3. The van der Waals surface area contributed by atoms with Crippen molar-refractivity contribution >= 4 is 26.6 Å². The molecular formula is C22H18N4O4S. The molecule has 4 aromatic rings. The number of aromatic amines is 1. The molecule has 0 aliphatic heterocycles. The molecule has 0 saturated carbocycles. The second-order valence-corrected chi connectivity index (χ2v) is 8.80. The summed E-state index contributed by atoms with van der Waals surface area (Å²) >= 11 is 0. The molecule has 0 fully saturated rings. The van der Waals surface area contributed by atoms with E-state index >= 15 is 0 Å². The minimum absolute atomic E-state index is 0.177. The van der Waals surface area contributed by atoms with Gasteiger partial charge in [-0.1, -0.05) is 0 Å². The largest absolute Gasteiger partial charge is 0.457 e. The lowest BCUT2D eigenvalue weighted by atomic mass is 10.0. The van der Waals surface area contributed by atoms with Crippen LogP contribution in [0.4, 0.5) is 5.69 Å². The molecule has 4 rings (SSSR count). The van der Waals surface area contributed by atoms with Crippen molar-refractivity contribution in [2.75, 3.05) is 11.0 Å². The molecule has 0 bridgehead atoms. The number of fused-ring (bicyclic) bond motifs is 1. The van der Waals surface area contributed by atoms with Crippen molar-refractivity contribution in [3.8, 4) is 28.7 Å². The van der Waals surface area contributed by atoms with Crippen molar-refractivity contribution in [1.82, 2.24) is 9.55 Å². The molecule has 2 aromatic heterocycles. The Bertz CT molecular complexity index is 1490. The van der Waals surface area contributed by atoms with Crippen molar-refractivity contribution in [2.24, 2.45) is 7.05 Å². The number of nitrogens with zero attached hydrogens (tertiary/aromatic N) is 2. The Kier molecular flexibility index (Phi) is 5.01. The fourth-order valence-corrected chi connectivity index (χ4v) is 3.87. The lowest BCUT2D eigenvalue weighted by Crippen LogP contribution is -2.16. The van der Waals surface area contributed by atoms with E-state index in [1.54, 1.807) is 68.0 Å². The summed E-state index contributed by atoms with van der Waals surface area (Å²) in [5.74, 6) is 0.976. The molecule has 156 valence electrons. The molecule has 0 aliphatic rings. The van der Waals surface area contributed by atoms with Gasteiger partial charge in [-0.3, -0.25) is 9.52 Å². The number of ether oxygens (including phenoxy) is 1. The number of aromatic nitrogens is 2. The average Bonchev–Trinajstić information content (AvgIpc) is 3.21. The minimum atomic E-state index is -3.48. The molecule has 0 saturated heterocycles. The molecule has 2 heterocycles. The van der Waals surface area contributed by atoms with Gasteiger partial charge in [0.25, 0.3) is 5.56 Å². The molecule has 0 atom stereocenters. The predicted octanol–water partition coefficient (Wildman–Crippen LogP) is 3.57. The number of aryl methyl sites for hydroxylation is 1. The zero-order chi connectivity index (χ0) is 22.2. The van der Waals surface area contributed by atoms with Crippen LogP contribution in [0.5, 0.6) is 11.5 Å². The Morgan fingerprint density at radius 3 is 2.52 bits per heavy atom. The molecule has 0 spiro atoms. The molecule has 9 heteroatoms. The maximum absolute atomic E-state index is 12.4. The van der Waals surface area contributed by atoms with E-state index in [0.29, 0.717) is 44.8 Å². The predicted molar refractivity (Wildman–Crippen MR) is 119 cm³/mol. The Hall–Kier alpha value is -4.03. The monoisotopic (exact) mass is 434 g/mol. The quantitative estimate of drug-likeness (QED) is 0.498. The topological polar surface area (TPSA) is 117 Å². The van der Waals surface area contributed by atoms with Crippen LogP contribution in [0.15, 0.2) is 65.7 Å². The average molecular weight is 434 g/mol. The standard InChI is InChI=1S/C22H18N4O4S/c1-26-13-19(17-9-10-24-21(17)22(26)27)18-11-15(25-31(2,28)29)5-8-20(18)30-16-6-3-14(12-23)4-7-16/h3-11,13,24-25H,1-2H3. The van der Waals surface area contributed by atoms with Crippen LogP contribution in [0.2, 0.25) is 0 Å². The van der Waals surface area contributed by atoms with Gasteiger partial charge < -0.3 is 14.3 Å². The van der Waals surface area contributed by atoms with Crippen LogP contribution >= 0.6 is 0 Å². The van der Waals surface area contributed by atoms with E-state index in [-0.39, 0.29) is 5.56 Å². The summed E-state index contributed by atoms with van der Waals surface area (Å²) in [7, 11) is -1.84. The van der Waals surface area contributed by atoms with Gasteiger partial charge in [-0.15, -0.1) is 0 Å². The molecule has 8 nitrogen and oxygen atoms in total. The van der Waals surface area contributed by atoms with E-state index in [1.807, 2.05) is 0 Å². The fourth-order valence-electron chi connectivity index (χ4n) is 3.32. The van der Waals surface area contributed by atoms with Gasteiger partial charge in [0.2, 0.25) is 10.0 Å². The van der Waals surface area contributed by atoms with Crippen molar-refractivity contribution in [3.63, 3.8) is 0 Å². The number of rotatable bonds is 5. The Morgan fingerprint density at radius 1 is 1.10 bits per heavy atom. The number of nitriles is 1. The number of sulfonamides is 1. The zero-order valence-corrected chi connectivity index (χ0v) is 17.5. The van der Waals surface area contributed by atoms with Gasteiger partial charge in [0, 0.05) is 41.6 Å². The van der Waals surface area contributed by atoms with Crippen LogP contribution < -0.4 is 15.0 Å². The van der Waals surface area contributed by atoms with Gasteiger partial charge in [0.15, 0.2) is 0 Å². The van der Waals surface area contributed by atoms with Crippen LogP contribution in [0, 0.1) is 11.3 Å². The molecule has 0 amide bonds. The summed E-state index contributed by atoms with van der Waals surface area (Å²) in [6, 6.07) is 15.4. The van der Waals surface area contributed by atoms with E-state index in [4.69, 9.17) is 10.00 Å². The van der Waals surface area contributed by atoms with Gasteiger partial charge >= 0.3 is 0 Å². The Balaban J connectivity index is 1.90. The molecule has 2 aromatic carbocycles. The first kappa shape index (κ1) is 20.3. The van der Waals surface area contributed by atoms with Crippen molar-refractivity contribution < 1.29 is 13.2 Å². The highest BCUT2D eigenvalue weighted by molar-refractivity contribution is 7.92. The summed E-state index contributed by atoms with van der Waals surface area (Å²) < 4.78 is 33.5. The third-order valence-electron chi connectivity index (χ3n) is 4.68. The van der Waals surface area contributed by atoms with Gasteiger partial charge in [-0.25, -0.2) is 8.42 Å². The Labute approximate surface area is 178 Å². The number of anilines is 1. The van der Waals surface area contributed by atoms with Gasteiger partial charge in [-0.05, 0) is 48.5 Å². The van der Waals surface area contributed by atoms with Crippen LogP contribution in [-0.2, 0) is 17.1 Å². The van der Waals surface area contributed by atoms with E-state index in [1.165, 1.54) is 4.57 Å². The summed E-state index contributed by atoms with van der Waals surface area (Å²) in [6.45, 7) is 0. The molecule has 0 aliphatic carbocycles. The lowest BCUT2D eigenvalue weighted by molar-refractivity contribution is 0.484. The van der Waals surface area contributed by atoms with Crippen molar-refractivity contribution in [2.45, 2.75) is 0 Å². The highest BCUT2D eigenvalue weighted by atomic mass is 32.2. The first-order chi connectivity index (χ1) is 14.7. The first-order valence-electron chi connectivity index (χ1n) is 9.22. The number of pyridine rings is 1. The molecule has 0 radical (unpaired) electrons. The van der Waals surface area contributed by atoms with E-state index < -0.39 is 10.0 Å². The molecule has 31 heavy (non-hydrogen) atoms. The fraction of sp³-hybridized carbons (Fsp3) is 0.0909. The van der Waals surface area contributed by atoms with Crippen LogP contribution in [-0.4, -0.2) is 24.2 Å². The second-order valence-electron chi connectivity index (χ2n) is 7.05. The summed E-state index contributed by atoms with van der Waals surface area (Å²) in [5.41, 5.74) is 2.42. The summed E-state index contributed by atoms with van der Waals surface area (Å²) in [4.78, 5) is 15.4. The van der Waals surface area contributed by atoms with Crippen LogP contribution in [0.3, 0.4) is 0 Å². The van der Waals surface area contributed by atoms with Crippen molar-refractivity contribution in [1.29, 1.82) is 5.26 Å². The lowest BCUT2D eigenvalue weighted by Gasteiger charge is -2.15. The number of nitrogens with one attached hydrogen (secondary N) is 2. The highest BCUT2D eigenvalue weighted by Crippen LogP contribution is 2.38. The first-order valence-corrected chi connectivity index (χ1v) is 11.1. The van der Waals surface area contributed by atoms with E-state index in [0.717, 1.165) is 6.26 Å². The minimum Gasteiger partial charge on any atom is -0.457 e. The summed E-state index contributed by atoms with van der Waals surface area (Å²) in [6.07, 6.45) is 4.43. The third kappa shape index (κ3) is 4.15. The van der Waals surface area contributed by atoms with Gasteiger partial charge in [0.1, 0.15) is 17.0 Å². The molecular weight excluding hydrogens is 416 g/mol. The molecule has 2 N–H and O–H groups in total.